The number of likely N-dealkylation sites (N-methyl/N-ethyl adjacent to an activating group) is 1. The summed E-state index contributed by atoms with van der Waals surface area (Å²) in [6.07, 6.45) is -0.941. The van der Waals surface area contributed by atoms with Crippen LogP contribution in [-0.2, 0) is 0 Å². The van der Waals surface area contributed by atoms with Crippen molar-refractivity contribution in [2.24, 2.45) is 0 Å². The maximum atomic E-state index is 11.9. The van der Waals surface area contributed by atoms with Crippen LogP contribution in [0.2, 0.25) is 0 Å². The predicted octanol–water partition coefficient (Wildman–Crippen LogP) is 2.10. The van der Waals surface area contributed by atoms with Gasteiger partial charge in [0.1, 0.15) is 6.04 Å². The molecule has 1 N–H and O–H groups in total. The highest BCUT2D eigenvalue weighted by atomic mass is 19.4. The predicted molar refractivity (Wildman–Crippen MR) is 38.3 cm³/mol. The molecule has 0 bridgehead atoms. The van der Waals surface area contributed by atoms with E-state index in [9.17, 15) is 13.2 Å². The van der Waals surface area contributed by atoms with Crippen LogP contribution in [0.15, 0.2) is 12.2 Å². The Morgan fingerprint density at radius 2 is 2.00 bits per heavy atom. The summed E-state index contributed by atoms with van der Waals surface area (Å²) in [5.74, 6) is 0. The molecule has 0 heterocycles. The van der Waals surface area contributed by atoms with Gasteiger partial charge >= 0.3 is 6.18 Å². The van der Waals surface area contributed by atoms with Crippen LogP contribution in [0.25, 0.3) is 0 Å². The number of nitrogens with one attached hydrogen (secondary N) is 1. The minimum atomic E-state index is -4.18. The van der Waals surface area contributed by atoms with Crippen molar-refractivity contribution in [3.63, 3.8) is 0 Å². The largest absolute Gasteiger partial charge is 0.407 e. The van der Waals surface area contributed by atoms with Crippen LogP contribution in [0.4, 0.5) is 13.2 Å². The first-order chi connectivity index (χ1) is 5.02. The summed E-state index contributed by atoms with van der Waals surface area (Å²) < 4.78 is 35.8. The highest BCUT2D eigenvalue weighted by Gasteiger charge is 2.36. The molecule has 0 aliphatic carbocycles. The van der Waals surface area contributed by atoms with Crippen LogP contribution in [0.1, 0.15) is 13.3 Å². The summed E-state index contributed by atoms with van der Waals surface area (Å²) >= 11 is 0. The van der Waals surface area contributed by atoms with Crippen LogP contribution >= 0.6 is 0 Å². The van der Waals surface area contributed by atoms with E-state index >= 15 is 0 Å². The smallest absolute Gasteiger partial charge is 0.306 e. The molecule has 0 aromatic rings. The van der Waals surface area contributed by atoms with Crippen molar-refractivity contribution in [3.05, 3.63) is 12.2 Å². The highest BCUT2D eigenvalue weighted by molar-refractivity contribution is 4.96. The molecule has 0 aliphatic rings. The van der Waals surface area contributed by atoms with Gasteiger partial charge in [0.2, 0.25) is 0 Å². The van der Waals surface area contributed by atoms with E-state index < -0.39 is 12.2 Å². The fraction of sp³-hybridized carbons (Fsp3) is 0.714. The molecule has 0 saturated carbocycles. The van der Waals surface area contributed by atoms with Gasteiger partial charge in [0.05, 0.1) is 0 Å². The molecule has 0 aromatic carbocycles. The van der Waals surface area contributed by atoms with Gasteiger partial charge in [-0.3, -0.25) is 0 Å². The standard InChI is InChI=1S/C7H12F3N/c1-3-4-5-6(11-2)7(8,9)10/h4-6,11H,3H2,1-2H3/b5-4+. The molecule has 0 saturated heterocycles. The molecule has 0 radical (unpaired) electrons. The molecular weight excluding hydrogens is 155 g/mol. The number of halogens is 3. The average Bonchev–Trinajstić information content (AvgIpc) is 1.87. The first-order valence-corrected chi connectivity index (χ1v) is 3.43. The Kier molecular flexibility index (Phi) is 4.18. The molecule has 0 spiro atoms. The van der Waals surface area contributed by atoms with Crippen molar-refractivity contribution >= 4 is 0 Å². The van der Waals surface area contributed by atoms with Gasteiger partial charge < -0.3 is 5.32 Å². The molecule has 66 valence electrons. The molecule has 0 fully saturated rings. The minimum Gasteiger partial charge on any atom is -0.306 e. The lowest BCUT2D eigenvalue weighted by atomic mass is 10.2. The van der Waals surface area contributed by atoms with Crippen LogP contribution in [-0.4, -0.2) is 19.3 Å². The number of hydrogen-bond acceptors (Lipinski definition) is 1. The second-order valence-corrected chi connectivity index (χ2v) is 2.14. The van der Waals surface area contributed by atoms with Gasteiger partial charge in [0.25, 0.3) is 0 Å². The van der Waals surface area contributed by atoms with Gasteiger partial charge in [-0.1, -0.05) is 19.1 Å². The SMILES string of the molecule is CC/C=C/C(NC)C(F)(F)F. The van der Waals surface area contributed by atoms with Crippen LogP contribution in [0.5, 0.6) is 0 Å². The van der Waals surface area contributed by atoms with E-state index in [4.69, 9.17) is 0 Å². The van der Waals surface area contributed by atoms with Gasteiger partial charge in [-0.05, 0) is 13.5 Å². The zero-order valence-electron chi connectivity index (χ0n) is 6.57. The lowest BCUT2D eigenvalue weighted by Gasteiger charge is -2.15. The normalized spacial score (nSPS) is 15.7. The van der Waals surface area contributed by atoms with Crippen molar-refractivity contribution in [3.8, 4) is 0 Å². The second kappa shape index (κ2) is 4.38. The van der Waals surface area contributed by atoms with Crippen molar-refractivity contribution in [2.75, 3.05) is 7.05 Å². The minimum absolute atomic E-state index is 0.619. The van der Waals surface area contributed by atoms with E-state index in [-0.39, 0.29) is 0 Å². The third kappa shape index (κ3) is 4.03. The summed E-state index contributed by atoms with van der Waals surface area (Å²) in [7, 11) is 1.29. The van der Waals surface area contributed by atoms with E-state index in [1.54, 1.807) is 6.92 Å². The van der Waals surface area contributed by atoms with E-state index in [0.717, 1.165) is 6.08 Å². The molecule has 0 rings (SSSR count). The van der Waals surface area contributed by atoms with E-state index in [1.165, 1.54) is 13.1 Å². The Hall–Kier alpha value is -0.510. The molecule has 1 nitrogen and oxygen atoms in total. The fourth-order valence-corrected chi connectivity index (χ4v) is 0.641. The average molecular weight is 167 g/mol. The molecule has 0 aliphatic heterocycles. The summed E-state index contributed by atoms with van der Waals surface area (Å²) in [5, 5.41) is 2.16. The van der Waals surface area contributed by atoms with Crippen LogP contribution in [0.3, 0.4) is 0 Å². The van der Waals surface area contributed by atoms with E-state index in [0.29, 0.717) is 6.42 Å². The van der Waals surface area contributed by atoms with Gasteiger partial charge in [-0.2, -0.15) is 13.2 Å². The maximum absolute atomic E-state index is 11.9. The number of allylic oxidation sites excluding steroid dienone is 1. The molecule has 1 atom stereocenters. The molecule has 11 heavy (non-hydrogen) atoms. The van der Waals surface area contributed by atoms with Gasteiger partial charge in [-0.25, -0.2) is 0 Å². The van der Waals surface area contributed by atoms with Crippen molar-refractivity contribution in [1.29, 1.82) is 0 Å². The molecular formula is C7H12F3N. The third-order valence-electron chi connectivity index (χ3n) is 1.23. The molecule has 0 aromatic heterocycles. The van der Waals surface area contributed by atoms with Gasteiger partial charge in [-0.15, -0.1) is 0 Å². The Balaban J connectivity index is 4.06. The summed E-state index contributed by atoms with van der Waals surface area (Å²) in [6, 6.07) is -1.51. The third-order valence-corrected chi connectivity index (χ3v) is 1.23. The topological polar surface area (TPSA) is 12.0 Å². The Labute approximate surface area is 64.3 Å². The Morgan fingerprint density at radius 3 is 2.27 bits per heavy atom. The molecule has 1 unspecified atom stereocenters. The van der Waals surface area contributed by atoms with Crippen LogP contribution < -0.4 is 5.32 Å². The number of hydrogen-bond donors (Lipinski definition) is 1. The lowest BCUT2D eigenvalue weighted by molar-refractivity contribution is -0.143. The van der Waals surface area contributed by atoms with E-state index in [1.807, 2.05) is 0 Å². The second-order valence-electron chi connectivity index (χ2n) is 2.14. The number of alkyl halides is 3. The van der Waals surface area contributed by atoms with Gasteiger partial charge in [0, 0.05) is 0 Å². The lowest BCUT2D eigenvalue weighted by Crippen LogP contribution is -2.38. The first kappa shape index (κ1) is 10.5. The van der Waals surface area contributed by atoms with Gasteiger partial charge in [0.15, 0.2) is 0 Å². The first-order valence-electron chi connectivity index (χ1n) is 3.43. The Morgan fingerprint density at radius 1 is 1.45 bits per heavy atom. The Bertz CT molecular complexity index is 128. The quantitative estimate of drug-likeness (QED) is 0.635. The van der Waals surface area contributed by atoms with E-state index in [2.05, 4.69) is 5.32 Å². The summed E-state index contributed by atoms with van der Waals surface area (Å²) in [5.41, 5.74) is 0. The molecule has 4 heteroatoms. The zero-order chi connectivity index (χ0) is 8.91. The van der Waals surface area contributed by atoms with Crippen LogP contribution in [0, 0.1) is 0 Å². The monoisotopic (exact) mass is 167 g/mol. The molecule has 0 amide bonds. The van der Waals surface area contributed by atoms with Crippen molar-refractivity contribution < 1.29 is 13.2 Å². The van der Waals surface area contributed by atoms with Crippen molar-refractivity contribution in [2.45, 2.75) is 25.6 Å². The maximum Gasteiger partial charge on any atom is 0.407 e. The summed E-state index contributed by atoms with van der Waals surface area (Å²) in [6.45, 7) is 1.79. The highest BCUT2D eigenvalue weighted by Crippen LogP contribution is 2.20. The number of rotatable bonds is 3. The zero-order valence-corrected chi connectivity index (χ0v) is 6.57. The summed E-state index contributed by atoms with van der Waals surface area (Å²) in [4.78, 5) is 0. The fourth-order valence-electron chi connectivity index (χ4n) is 0.641. The van der Waals surface area contributed by atoms with Crippen molar-refractivity contribution in [1.82, 2.24) is 5.32 Å².